The Kier molecular flexibility index (Phi) is 3.51. The quantitative estimate of drug-likeness (QED) is 0.769. The highest BCUT2D eigenvalue weighted by atomic mass is 19.1. The van der Waals surface area contributed by atoms with Crippen LogP contribution in [0.25, 0.3) is 10.9 Å². The van der Waals surface area contributed by atoms with Crippen LogP contribution in [-0.4, -0.2) is 32.3 Å². The lowest BCUT2D eigenvalue weighted by atomic mass is 10.1. The second-order valence-corrected chi connectivity index (χ2v) is 7.20. The summed E-state index contributed by atoms with van der Waals surface area (Å²) in [7, 11) is 0. The number of nitrogens with zero attached hydrogens (tertiary/aromatic N) is 3. The first-order chi connectivity index (χ1) is 12.7. The van der Waals surface area contributed by atoms with Crippen molar-refractivity contribution in [3.63, 3.8) is 0 Å². The Bertz CT molecular complexity index is 1010. The first-order valence-corrected chi connectivity index (χ1v) is 9.09. The summed E-state index contributed by atoms with van der Waals surface area (Å²) >= 11 is 0. The van der Waals surface area contributed by atoms with Crippen LogP contribution in [0.5, 0.6) is 0 Å². The molecule has 0 spiro atoms. The summed E-state index contributed by atoms with van der Waals surface area (Å²) in [5.74, 6) is 0.113. The number of nitrogens with one attached hydrogen (secondary N) is 1. The smallest absolute Gasteiger partial charge is 0.257 e. The van der Waals surface area contributed by atoms with Gasteiger partial charge in [0, 0.05) is 47.4 Å². The van der Waals surface area contributed by atoms with Crippen molar-refractivity contribution < 1.29 is 9.18 Å². The Hall–Kier alpha value is -2.76. The number of carbonyl (C=O) groups is 1. The Morgan fingerprint density at radius 3 is 3.04 bits per heavy atom. The van der Waals surface area contributed by atoms with Gasteiger partial charge in [0.1, 0.15) is 12.1 Å². The van der Waals surface area contributed by atoms with E-state index in [1.165, 1.54) is 12.4 Å². The topological polar surface area (TPSA) is 61.9 Å². The minimum absolute atomic E-state index is 0.0221. The maximum Gasteiger partial charge on any atom is 0.257 e. The number of aromatic nitrogens is 3. The van der Waals surface area contributed by atoms with Gasteiger partial charge < -0.3 is 9.88 Å². The molecule has 6 heteroatoms. The SMILES string of the molecule is O=C(c1cncnc1C1CC1)N1CCCc2[nH]c3ccc(F)cc3c2C1. The van der Waals surface area contributed by atoms with Gasteiger partial charge in [0.25, 0.3) is 5.91 Å². The van der Waals surface area contributed by atoms with E-state index >= 15 is 0 Å². The molecule has 26 heavy (non-hydrogen) atoms. The molecule has 0 saturated heterocycles. The molecule has 132 valence electrons. The average molecular weight is 350 g/mol. The number of carbonyl (C=O) groups excluding carboxylic acids is 1. The highest BCUT2D eigenvalue weighted by Crippen LogP contribution is 2.40. The average Bonchev–Trinajstić information content (AvgIpc) is 3.47. The van der Waals surface area contributed by atoms with Gasteiger partial charge in [0.2, 0.25) is 0 Å². The lowest BCUT2D eigenvalue weighted by Crippen LogP contribution is -2.31. The highest BCUT2D eigenvalue weighted by Gasteiger charge is 2.32. The van der Waals surface area contributed by atoms with Crippen molar-refractivity contribution in [1.29, 1.82) is 0 Å². The zero-order valence-corrected chi connectivity index (χ0v) is 14.3. The summed E-state index contributed by atoms with van der Waals surface area (Å²) in [6, 6.07) is 4.78. The van der Waals surface area contributed by atoms with Crippen molar-refractivity contribution in [2.45, 2.75) is 38.1 Å². The molecular formula is C20H19FN4O. The minimum Gasteiger partial charge on any atom is -0.358 e. The van der Waals surface area contributed by atoms with Crippen LogP contribution in [0.1, 0.15) is 52.5 Å². The summed E-state index contributed by atoms with van der Waals surface area (Å²) in [5.41, 5.74) is 4.54. The largest absolute Gasteiger partial charge is 0.358 e. The number of aromatic amines is 1. The lowest BCUT2D eigenvalue weighted by Gasteiger charge is -2.21. The molecule has 1 saturated carbocycles. The summed E-state index contributed by atoms with van der Waals surface area (Å²) in [6.45, 7) is 1.16. The van der Waals surface area contributed by atoms with E-state index in [4.69, 9.17) is 0 Å². The minimum atomic E-state index is -0.256. The van der Waals surface area contributed by atoms with Crippen LogP contribution in [-0.2, 0) is 13.0 Å². The third-order valence-electron chi connectivity index (χ3n) is 5.39. The molecule has 0 unspecified atom stereocenters. The molecule has 0 radical (unpaired) electrons. The maximum absolute atomic E-state index is 13.7. The summed E-state index contributed by atoms with van der Waals surface area (Å²) in [4.78, 5) is 26.9. The number of amides is 1. The number of rotatable bonds is 2. The van der Waals surface area contributed by atoms with E-state index in [1.807, 2.05) is 4.90 Å². The van der Waals surface area contributed by atoms with E-state index in [0.717, 1.165) is 53.5 Å². The van der Waals surface area contributed by atoms with Crippen molar-refractivity contribution >= 4 is 16.8 Å². The van der Waals surface area contributed by atoms with Gasteiger partial charge >= 0.3 is 0 Å². The first kappa shape index (κ1) is 15.5. The van der Waals surface area contributed by atoms with Gasteiger partial charge in [-0.2, -0.15) is 0 Å². The Morgan fingerprint density at radius 1 is 1.31 bits per heavy atom. The van der Waals surface area contributed by atoms with Crippen LogP contribution in [0.3, 0.4) is 0 Å². The van der Waals surface area contributed by atoms with Crippen LogP contribution in [0.2, 0.25) is 0 Å². The summed E-state index contributed by atoms with van der Waals surface area (Å²) in [6.07, 6.45) is 7.07. The zero-order valence-electron chi connectivity index (χ0n) is 14.3. The fourth-order valence-electron chi connectivity index (χ4n) is 3.92. The van der Waals surface area contributed by atoms with E-state index in [0.29, 0.717) is 24.6 Å². The third-order valence-corrected chi connectivity index (χ3v) is 5.39. The molecule has 0 atom stereocenters. The number of halogens is 1. The lowest BCUT2D eigenvalue weighted by molar-refractivity contribution is 0.0744. The van der Waals surface area contributed by atoms with E-state index in [-0.39, 0.29) is 11.7 Å². The van der Waals surface area contributed by atoms with Crippen molar-refractivity contribution in [3.05, 3.63) is 59.1 Å². The van der Waals surface area contributed by atoms with Gasteiger partial charge in [-0.15, -0.1) is 0 Å². The monoisotopic (exact) mass is 350 g/mol. The Morgan fingerprint density at radius 2 is 2.19 bits per heavy atom. The fraction of sp³-hybridized carbons (Fsp3) is 0.350. The number of benzene rings is 1. The van der Waals surface area contributed by atoms with Gasteiger partial charge in [-0.3, -0.25) is 4.79 Å². The molecule has 1 aliphatic heterocycles. The molecule has 1 N–H and O–H groups in total. The molecule has 5 rings (SSSR count). The Balaban J connectivity index is 1.52. The number of hydrogen-bond donors (Lipinski definition) is 1. The summed E-state index contributed by atoms with van der Waals surface area (Å²) < 4.78 is 13.7. The van der Waals surface area contributed by atoms with Crippen molar-refractivity contribution in [3.8, 4) is 0 Å². The molecule has 3 heterocycles. The second kappa shape index (κ2) is 5.90. The van der Waals surface area contributed by atoms with Gasteiger partial charge in [-0.25, -0.2) is 14.4 Å². The molecule has 3 aromatic rings. The molecule has 2 aromatic heterocycles. The van der Waals surface area contributed by atoms with Crippen LogP contribution < -0.4 is 0 Å². The first-order valence-electron chi connectivity index (χ1n) is 9.09. The summed E-state index contributed by atoms with van der Waals surface area (Å²) in [5, 5.41) is 0.867. The second-order valence-electron chi connectivity index (χ2n) is 7.20. The predicted octanol–water partition coefficient (Wildman–Crippen LogP) is 3.56. The van der Waals surface area contributed by atoms with Gasteiger partial charge in [0.05, 0.1) is 11.3 Å². The van der Waals surface area contributed by atoms with E-state index in [9.17, 15) is 9.18 Å². The van der Waals surface area contributed by atoms with Crippen molar-refractivity contribution in [2.24, 2.45) is 0 Å². The maximum atomic E-state index is 13.7. The number of aryl methyl sites for hydroxylation is 1. The molecule has 5 nitrogen and oxygen atoms in total. The number of fused-ring (bicyclic) bond motifs is 3. The predicted molar refractivity (Wildman–Crippen MR) is 95.3 cm³/mol. The molecule has 1 aromatic carbocycles. The molecule has 1 fully saturated rings. The normalized spacial score (nSPS) is 17.2. The van der Waals surface area contributed by atoms with Crippen molar-refractivity contribution in [2.75, 3.05) is 6.54 Å². The van der Waals surface area contributed by atoms with Crippen molar-refractivity contribution in [1.82, 2.24) is 19.9 Å². The van der Waals surface area contributed by atoms with E-state index in [2.05, 4.69) is 15.0 Å². The molecular weight excluding hydrogens is 331 g/mol. The van der Waals surface area contributed by atoms with E-state index in [1.54, 1.807) is 18.3 Å². The van der Waals surface area contributed by atoms with Gasteiger partial charge in [-0.05, 0) is 43.9 Å². The molecule has 1 amide bonds. The molecule has 0 bridgehead atoms. The molecule has 1 aliphatic carbocycles. The van der Waals surface area contributed by atoms with Crippen LogP contribution in [0, 0.1) is 5.82 Å². The highest BCUT2D eigenvalue weighted by molar-refractivity contribution is 5.96. The van der Waals surface area contributed by atoms with Gasteiger partial charge in [-0.1, -0.05) is 0 Å². The molecule has 2 aliphatic rings. The van der Waals surface area contributed by atoms with E-state index < -0.39 is 0 Å². The standard InChI is InChI=1S/C20H19FN4O/c21-13-5-6-18-14(8-13)16-10-25(7-1-2-17(16)24-18)20(26)15-9-22-11-23-19(15)12-3-4-12/h5-6,8-9,11-12,24H,1-4,7,10H2. The zero-order chi connectivity index (χ0) is 17.7. The van der Waals surface area contributed by atoms with Crippen LogP contribution >= 0.6 is 0 Å². The number of H-pyrrole nitrogens is 1. The third kappa shape index (κ3) is 2.57. The fourth-order valence-corrected chi connectivity index (χ4v) is 3.92. The van der Waals surface area contributed by atoms with Crippen LogP contribution in [0.15, 0.2) is 30.7 Å². The number of hydrogen-bond acceptors (Lipinski definition) is 3. The Labute approximate surface area is 150 Å². The van der Waals surface area contributed by atoms with Crippen LogP contribution in [0.4, 0.5) is 4.39 Å². The van der Waals surface area contributed by atoms with Gasteiger partial charge in [0.15, 0.2) is 0 Å².